The molecule has 1 saturated heterocycles. The van der Waals surface area contributed by atoms with Crippen molar-refractivity contribution in [1.82, 2.24) is 15.5 Å². The van der Waals surface area contributed by atoms with E-state index in [2.05, 4.69) is 10.6 Å². The van der Waals surface area contributed by atoms with Crippen LogP contribution >= 0.6 is 11.3 Å². The van der Waals surface area contributed by atoms with Crippen molar-refractivity contribution in [1.29, 1.82) is 0 Å². The predicted octanol–water partition coefficient (Wildman–Crippen LogP) is 0.605. The number of rotatable bonds is 6. The molecular formula is C14H19N3O3S. The summed E-state index contributed by atoms with van der Waals surface area (Å²) in [6.07, 6.45) is 1.52. The fraction of sp³-hybridized carbons (Fsp3) is 0.500. The van der Waals surface area contributed by atoms with Crippen molar-refractivity contribution in [2.75, 3.05) is 20.1 Å². The van der Waals surface area contributed by atoms with Gasteiger partial charge in [-0.1, -0.05) is 6.07 Å². The quantitative estimate of drug-likeness (QED) is 0.756. The van der Waals surface area contributed by atoms with E-state index in [4.69, 9.17) is 0 Å². The molecule has 21 heavy (non-hydrogen) atoms. The summed E-state index contributed by atoms with van der Waals surface area (Å²) in [5.41, 5.74) is 0. The minimum atomic E-state index is -0.386. The van der Waals surface area contributed by atoms with Crippen LogP contribution in [0.4, 0.5) is 0 Å². The van der Waals surface area contributed by atoms with Crippen LogP contribution in [0.15, 0.2) is 17.5 Å². The van der Waals surface area contributed by atoms with Crippen LogP contribution in [0.2, 0.25) is 0 Å². The number of nitrogens with one attached hydrogen (secondary N) is 2. The van der Waals surface area contributed by atoms with Crippen molar-refractivity contribution < 1.29 is 14.4 Å². The molecule has 1 aromatic heterocycles. The van der Waals surface area contributed by atoms with Gasteiger partial charge in [-0.15, -0.1) is 11.3 Å². The van der Waals surface area contributed by atoms with Crippen molar-refractivity contribution in [2.24, 2.45) is 0 Å². The second kappa shape index (κ2) is 7.21. The molecule has 0 saturated carbocycles. The molecule has 7 heteroatoms. The van der Waals surface area contributed by atoms with Crippen LogP contribution in [0.3, 0.4) is 0 Å². The first-order chi connectivity index (χ1) is 10.1. The van der Waals surface area contributed by atoms with Gasteiger partial charge in [0.2, 0.25) is 11.8 Å². The van der Waals surface area contributed by atoms with Crippen molar-refractivity contribution in [2.45, 2.75) is 25.3 Å². The number of hydrogen-bond acceptors (Lipinski definition) is 4. The van der Waals surface area contributed by atoms with Gasteiger partial charge in [0.25, 0.3) is 5.91 Å². The van der Waals surface area contributed by atoms with E-state index in [0.29, 0.717) is 37.2 Å². The number of thiophene rings is 1. The Kier molecular flexibility index (Phi) is 5.32. The van der Waals surface area contributed by atoms with Crippen LogP contribution in [-0.2, 0) is 9.59 Å². The summed E-state index contributed by atoms with van der Waals surface area (Å²) in [7, 11) is 1.73. The van der Waals surface area contributed by atoms with Crippen LogP contribution < -0.4 is 10.6 Å². The fourth-order valence-electron chi connectivity index (χ4n) is 2.17. The van der Waals surface area contributed by atoms with Gasteiger partial charge in [-0.3, -0.25) is 14.4 Å². The highest BCUT2D eigenvalue weighted by molar-refractivity contribution is 7.12. The molecule has 114 valence electrons. The van der Waals surface area contributed by atoms with Gasteiger partial charge in [0.05, 0.1) is 4.88 Å². The largest absolute Gasteiger partial charge is 0.351 e. The zero-order valence-electron chi connectivity index (χ0n) is 11.9. The van der Waals surface area contributed by atoms with E-state index in [1.165, 1.54) is 11.3 Å². The van der Waals surface area contributed by atoms with Gasteiger partial charge < -0.3 is 15.5 Å². The van der Waals surface area contributed by atoms with Crippen molar-refractivity contribution in [3.8, 4) is 0 Å². The number of hydrogen-bond donors (Lipinski definition) is 2. The standard InChI is InChI=1S/C14H19N3O3S/c1-17-8-6-10(14(17)20)16-12(18)5-2-7-15-13(19)11-4-3-9-21-11/h3-4,9-10H,2,5-8H2,1H3,(H,15,19)(H,16,18). The van der Waals surface area contributed by atoms with Gasteiger partial charge in [-0.05, 0) is 24.3 Å². The summed E-state index contributed by atoms with van der Waals surface area (Å²) >= 11 is 1.38. The number of carbonyl (C=O) groups is 3. The minimum absolute atomic E-state index is 0.0330. The third kappa shape index (κ3) is 4.29. The maximum atomic E-state index is 11.7. The Labute approximate surface area is 127 Å². The van der Waals surface area contributed by atoms with Gasteiger partial charge in [0, 0.05) is 26.6 Å². The van der Waals surface area contributed by atoms with Gasteiger partial charge in [0.1, 0.15) is 6.04 Å². The molecule has 0 aromatic carbocycles. The third-order valence-corrected chi connectivity index (χ3v) is 4.24. The Hall–Kier alpha value is -1.89. The number of carbonyl (C=O) groups excluding carboxylic acids is 3. The molecule has 1 fully saturated rings. The number of nitrogens with zero attached hydrogens (tertiary/aromatic N) is 1. The number of amides is 3. The predicted molar refractivity (Wildman–Crippen MR) is 80.1 cm³/mol. The molecule has 0 bridgehead atoms. The molecule has 1 aliphatic heterocycles. The zero-order valence-corrected chi connectivity index (χ0v) is 12.7. The Bertz CT molecular complexity index is 516. The average Bonchev–Trinajstić information content (AvgIpc) is 3.09. The van der Waals surface area contributed by atoms with E-state index in [-0.39, 0.29) is 23.8 Å². The molecule has 6 nitrogen and oxygen atoms in total. The highest BCUT2D eigenvalue weighted by atomic mass is 32.1. The van der Waals surface area contributed by atoms with Crippen molar-refractivity contribution in [3.05, 3.63) is 22.4 Å². The summed E-state index contributed by atoms with van der Waals surface area (Å²) in [4.78, 5) is 37.3. The first kappa shape index (κ1) is 15.5. The number of likely N-dealkylation sites (tertiary alicyclic amines) is 1. The van der Waals surface area contributed by atoms with E-state index in [1.54, 1.807) is 18.0 Å². The molecule has 2 rings (SSSR count). The van der Waals surface area contributed by atoms with Crippen LogP contribution in [0, 0.1) is 0 Å². The molecule has 0 spiro atoms. The van der Waals surface area contributed by atoms with Crippen LogP contribution in [0.1, 0.15) is 28.9 Å². The summed E-state index contributed by atoms with van der Waals surface area (Å²) in [6, 6.07) is 3.20. The molecule has 1 unspecified atom stereocenters. The van der Waals surface area contributed by atoms with Crippen molar-refractivity contribution >= 4 is 29.1 Å². The second-order valence-electron chi connectivity index (χ2n) is 5.01. The molecular weight excluding hydrogens is 290 g/mol. The lowest BCUT2D eigenvalue weighted by Gasteiger charge is -2.12. The van der Waals surface area contributed by atoms with Crippen LogP contribution in [-0.4, -0.2) is 48.8 Å². The summed E-state index contributed by atoms with van der Waals surface area (Å²) in [5.74, 6) is -0.290. The summed E-state index contributed by atoms with van der Waals surface area (Å²) in [6.45, 7) is 1.13. The SMILES string of the molecule is CN1CCC(NC(=O)CCCNC(=O)c2cccs2)C1=O. The lowest BCUT2D eigenvalue weighted by molar-refractivity contribution is -0.131. The summed E-state index contributed by atoms with van der Waals surface area (Å²) in [5, 5.41) is 7.35. The van der Waals surface area contributed by atoms with Crippen molar-refractivity contribution in [3.63, 3.8) is 0 Å². The second-order valence-corrected chi connectivity index (χ2v) is 5.95. The third-order valence-electron chi connectivity index (χ3n) is 3.37. The number of likely N-dealkylation sites (N-methyl/N-ethyl adjacent to an activating group) is 1. The first-order valence-corrected chi connectivity index (χ1v) is 7.82. The van der Waals surface area contributed by atoms with E-state index in [9.17, 15) is 14.4 Å². The average molecular weight is 309 g/mol. The first-order valence-electron chi connectivity index (χ1n) is 6.94. The minimum Gasteiger partial charge on any atom is -0.351 e. The molecule has 1 atom stereocenters. The molecule has 2 heterocycles. The molecule has 1 aromatic rings. The van der Waals surface area contributed by atoms with E-state index < -0.39 is 0 Å². The monoisotopic (exact) mass is 309 g/mol. The Morgan fingerprint density at radius 3 is 2.90 bits per heavy atom. The van der Waals surface area contributed by atoms with E-state index >= 15 is 0 Å². The zero-order chi connectivity index (χ0) is 15.2. The maximum absolute atomic E-state index is 11.7. The van der Waals surface area contributed by atoms with Gasteiger partial charge in [0.15, 0.2) is 0 Å². The van der Waals surface area contributed by atoms with E-state index in [1.807, 2.05) is 11.4 Å². The fourth-order valence-corrected chi connectivity index (χ4v) is 2.81. The lowest BCUT2D eigenvalue weighted by Crippen LogP contribution is -2.40. The smallest absolute Gasteiger partial charge is 0.261 e. The van der Waals surface area contributed by atoms with Gasteiger partial charge in [-0.2, -0.15) is 0 Å². The molecule has 0 radical (unpaired) electrons. The molecule has 3 amide bonds. The lowest BCUT2D eigenvalue weighted by atomic mass is 10.2. The van der Waals surface area contributed by atoms with Crippen LogP contribution in [0.5, 0.6) is 0 Å². The highest BCUT2D eigenvalue weighted by Crippen LogP contribution is 2.09. The Morgan fingerprint density at radius 1 is 1.48 bits per heavy atom. The topological polar surface area (TPSA) is 78.5 Å². The summed E-state index contributed by atoms with van der Waals surface area (Å²) < 4.78 is 0. The molecule has 0 aliphatic carbocycles. The Balaban J connectivity index is 1.61. The van der Waals surface area contributed by atoms with E-state index in [0.717, 1.165) is 0 Å². The van der Waals surface area contributed by atoms with Crippen LogP contribution in [0.25, 0.3) is 0 Å². The van der Waals surface area contributed by atoms with Gasteiger partial charge >= 0.3 is 0 Å². The highest BCUT2D eigenvalue weighted by Gasteiger charge is 2.29. The Morgan fingerprint density at radius 2 is 2.29 bits per heavy atom. The normalized spacial score (nSPS) is 17.9. The van der Waals surface area contributed by atoms with Gasteiger partial charge in [-0.25, -0.2) is 0 Å². The maximum Gasteiger partial charge on any atom is 0.261 e. The molecule has 2 N–H and O–H groups in total. The molecule has 1 aliphatic rings.